The number of hydrogen-bond donors (Lipinski definition) is 0. The Kier molecular flexibility index (Phi) is 2.52. The van der Waals surface area contributed by atoms with Crippen LogP contribution in [0.4, 0.5) is 0 Å². The molecule has 0 atom stereocenters. The van der Waals surface area contributed by atoms with Crippen molar-refractivity contribution >= 4 is 31.4 Å². The quantitative estimate of drug-likeness (QED) is 0.810. The molecule has 0 aliphatic heterocycles. The van der Waals surface area contributed by atoms with E-state index in [-0.39, 0.29) is 0 Å². The molecule has 0 N–H and O–H groups in total. The molecule has 0 radical (unpaired) electrons. The first kappa shape index (κ1) is 10.6. The zero-order chi connectivity index (χ0) is 11.1. The highest BCUT2D eigenvalue weighted by atomic mass is 32.2. The van der Waals surface area contributed by atoms with Crippen LogP contribution in [-0.4, -0.2) is 19.7 Å². The molecule has 15 heavy (non-hydrogen) atoms. The van der Waals surface area contributed by atoms with Gasteiger partial charge in [0.05, 0.1) is 20.1 Å². The molecule has 0 spiro atoms. The van der Waals surface area contributed by atoms with Gasteiger partial charge in [-0.3, -0.25) is 0 Å². The van der Waals surface area contributed by atoms with Crippen molar-refractivity contribution in [2.24, 2.45) is 0 Å². The number of fused-ring (bicyclic) bond motifs is 1. The molecule has 2 rings (SSSR count). The van der Waals surface area contributed by atoms with Crippen LogP contribution < -0.4 is 0 Å². The Hall–Kier alpha value is -0.940. The molecule has 0 saturated heterocycles. The normalized spacial score (nSPS) is 12.1. The van der Waals surface area contributed by atoms with Gasteiger partial charge >= 0.3 is 0 Å². The van der Waals surface area contributed by atoms with E-state index in [0.29, 0.717) is 4.90 Å². The molecule has 80 valence electrons. The van der Waals surface area contributed by atoms with Crippen molar-refractivity contribution in [3.05, 3.63) is 23.2 Å². The van der Waals surface area contributed by atoms with Crippen LogP contribution in [0, 0.1) is 0 Å². The Morgan fingerprint density at radius 1 is 1.40 bits per heavy atom. The molecule has 0 saturated carbocycles. The molecule has 0 aliphatic carbocycles. The summed E-state index contributed by atoms with van der Waals surface area (Å²) in [6.07, 6.45) is 2.10. The molecular formula is C10H11NO2S2. The first-order valence-electron chi connectivity index (χ1n) is 4.60. The van der Waals surface area contributed by atoms with E-state index in [9.17, 15) is 8.42 Å². The van der Waals surface area contributed by atoms with Gasteiger partial charge in [0.1, 0.15) is 0 Å². The lowest BCUT2D eigenvalue weighted by molar-refractivity contribution is 0.602. The predicted molar refractivity (Wildman–Crippen MR) is 62.1 cm³/mol. The van der Waals surface area contributed by atoms with Crippen molar-refractivity contribution in [1.29, 1.82) is 0 Å². The lowest BCUT2D eigenvalue weighted by Gasteiger charge is -1.96. The van der Waals surface area contributed by atoms with E-state index >= 15 is 0 Å². The highest BCUT2D eigenvalue weighted by molar-refractivity contribution is 7.90. The minimum Gasteiger partial charge on any atom is -0.241 e. The largest absolute Gasteiger partial charge is 0.241 e. The number of sulfone groups is 1. The van der Waals surface area contributed by atoms with Crippen LogP contribution >= 0.6 is 11.3 Å². The number of thiazole rings is 1. The number of nitrogens with zero attached hydrogens (tertiary/aromatic N) is 1. The van der Waals surface area contributed by atoms with Crippen LogP contribution in [0.2, 0.25) is 0 Å². The third-order valence-electron chi connectivity index (χ3n) is 2.13. The molecule has 1 aromatic heterocycles. The summed E-state index contributed by atoms with van der Waals surface area (Å²) in [5.74, 6) is 0. The summed E-state index contributed by atoms with van der Waals surface area (Å²) in [5, 5.41) is 1.04. The van der Waals surface area contributed by atoms with Gasteiger partial charge in [-0.15, -0.1) is 11.3 Å². The average Bonchev–Trinajstić information content (AvgIpc) is 2.57. The van der Waals surface area contributed by atoms with Gasteiger partial charge in [-0.1, -0.05) is 6.92 Å². The van der Waals surface area contributed by atoms with Crippen molar-refractivity contribution in [1.82, 2.24) is 4.98 Å². The Morgan fingerprint density at radius 2 is 2.13 bits per heavy atom. The van der Waals surface area contributed by atoms with Gasteiger partial charge in [0.15, 0.2) is 9.84 Å². The van der Waals surface area contributed by atoms with Crippen LogP contribution in [-0.2, 0) is 16.3 Å². The standard InChI is InChI=1S/C10H11NO2S2/c1-3-10-11-8-5-4-7(15(2,12)13)6-9(8)14-10/h4-6H,3H2,1-2H3. The van der Waals surface area contributed by atoms with Crippen LogP contribution in [0.1, 0.15) is 11.9 Å². The molecule has 1 heterocycles. The number of rotatable bonds is 2. The van der Waals surface area contributed by atoms with Crippen LogP contribution in [0.25, 0.3) is 10.2 Å². The third kappa shape index (κ3) is 2.03. The number of hydrogen-bond acceptors (Lipinski definition) is 4. The zero-order valence-corrected chi connectivity index (χ0v) is 10.2. The molecular weight excluding hydrogens is 230 g/mol. The fourth-order valence-electron chi connectivity index (χ4n) is 1.33. The monoisotopic (exact) mass is 241 g/mol. The van der Waals surface area contributed by atoms with E-state index in [1.165, 1.54) is 6.26 Å². The van der Waals surface area contributed by atoms with Gasteiger partial charge in [0, 0.05) is 6.26 Å². The molecule has 0 fully saturated rings. The fourth-order valence-corrected chi connectivity index (χ4v) is 3.00. The fraction of sp³-hybridized carbons (Fsp3) is 0.300. The summed E-state index contributed by atoms with van der Waals surface area (Å²) in [4.78, 5) is 4.74. The van der Waals surface area contributed by atoms with Crippen molar-refractivity contribution < 1.29 is 8.42 Å². The van der Waals surface area contributed by atoms with E-state index in [1.807, 2.05) is 6.92 Å². The van der Waals surface area contributed by atoms with E-state index in [1.54, 1.807) is 29.5 Å². The predicted octanol–water partition coefficient (Wildman–Crippen LogP) is 2.26. The third-order valence-corrected chi connectivity index (χ3v) is 4.41. The topological polar surface area (TPSA) is 47.0 Å². The maximum absolute atomic E-state index is 11.3. The molecule has 0 unspecified atom stereocenters. The molecule has 3 nitrogen and oxygen atoms in total. The highest BCUT2D eigenvalue weighted by Gasteiger charge is 2.09. The molecule has 0 aliphatic rings. The summed E-state index contributed by atoms with van der Waals surface area (Å²) in [6.45, 7) is 2.04. The number of aromatic nitrogens is 1. The summed E-state index contributed by atoms with van der Waals surface area (Å²) >= 11 is 1.55. The molecule has 0 amide bonds. The first-order chi connectivity index (χ1) is 7.00. The maximum Gasteiger partial charge on any atom is 0.175 e. The maximum atomic E-state index is 11.3. The van der Waals surface area contributed by atoms with Crippen molar-refractivity contribution in [3.8, 4) is 0 Å². The van der Waals surface area contributed by atoms with E-state index in [2.05, 4.69) is 4.98 Å². The second-order valence-electron chi connectivity index (χ2n) is 3.36. The SMILES string of the molecule is CCc1nc2ccc(S(C)(=O)=O)cc2s1. The second-order valence-corrected chi connectivity index (χ2v) is 6.49. The van der Waals surface area contributed by atoms with Gasteiger partial charge in [0.2, 0.25) is 0 Å². The van der Waals surface area contributed by atoms with Crippen molar-refractivity contribution in [2.75, 3.05) is 6.26 Å². The number of aryl methyl sites for hydroxylation is 1. The summed E-state index contributed by atoms with van der Waals surface area (Å²) in [7, 11) is -3.11. The highest BCUT2D eigenvalue weighted by Crippen LogP contribution is 2.25. The average molecular weight is 241 g/mol. The minimum absolute atomic E-state index is 0.362. The summed E-state index contributed by atoms with van der Waals surface area (Å²) in [5.41, 5.74) is 0.879. The lowest BCUT2D eigenvalue weighted by atomic mass is 10.3. The zero-order valence-electron chi connectivity index (χ0n) is 8.52. The smallest absolute Gasteiger partial charge is 0.175 e. The van der Waals surface area contributed by atoms with Gasteiger partial charge in [-0.25, -0.2) is 13.4 Å². The Bertz CT molecular complexity index is 599. The van der Waals surface area contributed by atoms with Crippen molar-refractivity contribution in [3.63, 3.8) is 0 Å². The Balaban J connectivity index is 2.66. The molecule has 5 heteroatoms. The molecule has 2 aromatic rings. The van der Waals surface area contributed by atoms with Crippen LogP contribution in [0.5, 0.6) is 0 Å². The van der Waals surface area contributed by atoms with Gasteiger partial charge < -0.3 is 0 Å². The van der Waals surface area contributed by atoms with Crippen molar-refractivity contribution in [2.45, 2.75) is 18.2 Å². The summed E-state index contributed by atoms with van der Waals surface area (Å²) < 4.78 is 23.6. The van der Waals surface area contributed by atoms with E-state index < -0.39 is 9.84 Å². The van der Waals surface area contributed by atoms with E-state index in [4.69, 9.17) is 0 Å². The van der Waals surface area contributed by atoms with Crippen LogP contribution in [0.15, 0.2) is 23.1 Å². The second kappa shape index (κ2) is 3.57. The Labute approximate surface area is 92.7 Å². The number of benzene rings is 1. The summed E-state index contributed by atoms with van der Waals surface area (Å²) in [6, 6.07) is 5.07. The molecule has 1 aromatic carbocycles. The lowest BCUT2D eigenvalue weighted by Crippen LogP contribution is -1.95. The first-order valence-corrected chi connectivity index (χ1v) is 7.31. The van der Waals surface area contributed by atoms with Gasteiger partial charge in [-0.05, 0) is 24.6 Å². The van der Waals surface area contributed by atoms with Crippen LogP contribution in [0.3, 0.4) is 0 Å². The van der Waals surface area contributed by atoms with Gasteiger partial charge in [-0.2, -0.15) is 0 Å². The van der Waals surface area contributed by atoms with E-state index in [0.717, 1.165) is 21.6 Å². The minimum atomic E-state index is -3.11. The molecule has 0 bridgehead atoms. The Morgan fingerprint density at radius 3 is 2.73 bits per heavy atom. The van der Waals surface area contributed by atoms with Gasteiger partial charge in [0.25, 0.3) is 0 Å².